The first-order valence-corrected chi connectivity index (χ1v) is 10.5. The van der Waals surface area contributed by atoms with Crippen LogP contribution in [-0.2, 0) is 9.59 Å². The number of halogens is 1. The monoisotopic (exact) mass is 424 g/mol. The van der Waals surface area contributed by atoms with Crippen LogP contribution >= 0.6 is 22.9 Å². The number of hydrogen-bond donors (Lipinski definition) is 0. The third-order valence-electron chi connectivity index (χ3n) is 5.16. The Labute approximate surface area is 176 Å². The first kappa shape index (κ1) is 18.1. The molecule has 3 aromatic rings. The van der Waals surface area contributed by atoms with Crippen molar-refractivity contribution in [3.05, 3.63) is 65.3 Å². The molecule has 8 heteroatoms. The molecule has 2 aliphatic heterocycles. The number of carbonyl (C=O) groups excluding carboxylic acids is 2. The molecule has 0 N–H and O–H groups in total. The van der Waals surface area contributed by atoms with Crippen LogP contribution in [0.2, 0.25) is 5.02 Å². The highest BCUT2D eigenvalue weighted by Gasteiger charge is 2.36. The molecule has 0 spiro atoms. The van der Waals surface area contributed by atoms with Crippen molar-refractivity contribution >= 4 is 55.8 Å². The molecule has 0 atom stereocenters. The molecule has 0 bridgehead atoms. The summed E-state index contributed by atoms with van der Waals surface area (Å²) in [6.07, 6.45) is 1.43. The number of thiazole rings is 1. The number of rotatable bonds is 3. The number of imide groups is 1. The van der Waals surface area contributed by atoms with E-state index >= 15 is 0 Å². The molecular weight excluding hydrogens is 408 g/mol. The molecule has 146 valence electrons. The van der Waals surface area contributed by atoms with Crippen LogP contribution in [0.25, 0.3) is 10.2 Å². The third kappa shape index (κ3) is 3.26. The minimum atomic E-state index is -0.319. The van der Waals surface area contributed by atoms with Crippen LogP contribution in [0.1, 0.15) is 0 Å². The van der Waals surface area contributed by atoms with E-state index < -0.39 is 0 Å². The molecule has 3 heterocycles. The van der Waals surface area contributed by atoms with E-state index in [1.165, 1.54) is 15.7 Å². The predicted molar refractivity (Wildman–Crippen MR) is 115 cm³/mol. The zero-order valence-corrected chi connectivity index (χ0v) is 17.0. The van der Waals surface area contributed by atoms with Crippen molar-refractivity contribution in [2.75, 3.05) is 36.0 Å². The lowest BCUT2D eigenvalue weighted by molar-refractivity contribution is -0.121. The van der Waals surface area contributed by atoms with Gasteiger partial charge in [0.25, 0.3) is 11.8 Å². The van der Waals surface area contributed by atoms with Gasteiger partial charge in [0.15, 0.2) is 5.13 Å². The van der Waals surface area contributed by atoms with Gasteiger partial charge in [-0.1, -0.05) is 35.1 Å². The fraction of sp³-hybridized carbons (Fsp3) is 0.190. The van der Waals surface area contributed by atoms with E-state index in [2.05, 4.69) is 11.0 Å². The van der Waals surface area contributed by atoms with Gasteiger partial charge in [-0.3, -0.25) is 9.59 Å². The Balaban J connectivity index is 1.29. The van der Waals surface area contributed by atoms with Crippen LogP contribution in [0.4, 0.5) is 10.8 Å². The molecule has 2 amide bonds. The van der Waals surface area contributed by atoms with Crippen molar-refractivity contribution in [2.45, 2.75) is 0 Å². The van der Waals surface area contributed by atoms with Crippen LogP contribution in [0.3, 0.4) is 0 Å². The number of benzene rings is 2. The number of fused-ring (bicyclic) bond motifs is 1. The second-order valence-electron chi connectivity index (χ2n) is 6.92. The van der Waals surface area contributed by atoms with E-state index in [0.717, 1.165) is 23.7 Å². The lowest BCUT2D eigenvalue weighted by Gasteiger charge is -2.36. The van der Waals surface area contributed by atoms with Gasteiger partial charge in [0.2, 0.25) is 0 Å². The van der Waals surface area contributed by atoms with Crippen molar-refractivity contribution in [1.29, 1.82) is 0 Å². The SMILES string of the molecule is O=C1C=C(N2CCN(c3nc4ccccc4s3)CC2)C(=O)N1c1ccc(Cl)cc1. The Morgan fingerprint density at radius 2 is 1.59 bits per heavy atom. The highest BCUT2D eigenvalue weighted by molar-refractivity contribution is 7.22. The minimum Gasteiger partial charge on any atom is -0.363 e. The van der Waals surface area contributed by atoms with Gasteiger partial charge in [0, 0.05) is 37.3 Å². The highest BCUT2D eigenvalue weighted by atomic mass is 35.5. The van der Waals surface area contributed by atoms with Crippen molar-refractivity contribution in [3.8, 4) is 0 Å². The van der Waals surface area contributed by atoms with E-state index in [4.69, 9.17) is 16.6 Å². The largest absolute Gasteiger partial charge is 0.363 e. The van der Waals surface area contributed by atoms with Crippen LogP contribution in [0.15, 0.2) is 60.3 Å². The summed E-state index contributed by atoms with van der Waals surface area (Å²) in [7, 11) is 0. The smallest absolute Gasteiger partial charge is 0.281 e. The number of anilines is 2. The molecule has 29 heavy (non-hydrogen) atoms. The molecule has 0 aliphatic carbocycles. The van der Waals surface area contributed by atoms with Gasteiger partial charge in [0.1, 0.15) is 5.70 Å². The summed E-state index contributed by atoms with van der Waals surface area (Å²) in [5.41, 5.74) is 1.99. The Hall–Kier alpha value is -2.90. The fourth-order valence-electron chi connectivity index (χ4n) is 3.65. The molecule has 1 aromatic heterocycles. The van der Waals surface area contributed by atoms with Crippen LogP contribution < -0.4 is 9.80 Å². The van der Waals surface area contributed by atoms with Crippen LogP contribution in [0, 0.1) is 0 Å². The van der Waals surface area contributed by atoms with Crippen molar-refractivity contribution in [2.24, 2.45) is 0 Å². The van der Waals surface area contributed by atoms with Crippen molar-refractivity contribution < 1.29 is 9.59 Å². The number of aromatic nitrogens is 1. The molecule has 6 nitrogen and oxygen atoms in total. The zero-order valence-electron chi connectivity index (χ0n) is 15.4. The summed E-state index contributed by atoms with van der Waals surface area (Å²) in [6, 6.07) is 14.8. The molecule has 5 rings (SSSR count). The molecule has 2 aliphatic rings. The zero-order chi connectivity index (χ0) is 20.0. The van der Waals surface area contributed by atoms with E-state index in [1.54, 1.807) is 35.6 Å². The van der Waals surface area contributed by atoms with Gasteiger partial charge in [-0.05, 0) is 36.4 Å². The summed E-state index contributed by atoms with van der Waals surface area (Å²) >= 11 is 7.59. The first-order valence-electron chi connectivity index (χ1n) is 9.31. The van der Waals surface area contributed by atoms with Crippen molar-refractivity contribution in [1.82, 2.24) is 9.88 Å². The Kier molecular flexibility index (Phi) is 4.49. The summed E-state index contributed by atoms with van der Waals surface area (Å²) < 4.78 is 1.17. The highest BCUT2D eigenvalue weighted by Crippen LogP contribution is 2.31. The van der Waals surface area contributed by atoms with Crippen LogP contribution in [-0.4, -0.2) is 47.9 Å². The van der Waals surface area contributed by atoms with Gasteiger partial charge in [-0.2, -0.15) is 0 Å². The van der Waals surface area contributed by atoms with Gasteiger partial charge < -0.3 is 9.80 Å². The number of amides is 2. The summed E-state index contributed by atoms with van der Waals surface area (Å²) in [6.45, 7) is 2.82. The second kappa shape index (κ2) is 7.17. The number of nitrogens with zero attached hydrogens (tertiary/aromatic N) is 4. The second-order valence-corrected chi connectivity index (χ2v) is 8.37. The number of piperazine rings is 1. The van der Waals surface area contributed by atoms with Crippen LogP contribution in [0.5, 0.6) is 0 Å². The molecule has 1 fully saturated rings. The van der Waals surface area contributed by atoms with Gasteiger partial charge in [-0.15, -0.1) is 0 Å². The molecule has 1 saturated heterocycles. The topological polar surface area (TPSA) is 56.8 Å². The molecular formula is C21H17ClN4O2S. The fourth-order valence-corrected chi connectivity index (χ4v) is 4.80. The number of para-hydroxylation sites is 1. The molecule has 0 saturated carbocycles. The van der Waals surface area contributed by atoms with Gasteiger partial charge in [0.05, 0.1) is 15.9 Å². The van der Waals surface area contributed by atoms with Crippen molar-refractivity contribution in [3.63, 3.8) is 0 Å². The predicted octanol–water partition coefficient (Wildman–Crippen LogP) is 3.53. The quantitative estimate of drug-likeness (QED) is 0.602. The van der Waals surface area contributed by atoms with E-state index in [-0.39, 0.29) is 11.8 Å². The maximum Gasteiger partial charge on any atom is 0.281 e. The van der Waals surface area contributed by atoms with E-state index in [9.17, 15) is 9.59 Å². The maximum atomic E-state index is 12.9. The Bertz CT molecular complexity index is 1100. The molecule has 0 unspecified atom stereocenters. The molecule has 2 aromatic carbocycles. The lowest BCUT2D eigenvalue weighted by Crippen LogP contribution is -2.47. The summed E-state index contributed by atoms with van der Waals surface area (Å²) in [5, 5.41) is 1.56. The number of carbonyl (C=O) groups is 2. The van der Waals surface area contributed by atoms with E-state index in [1.807, 2.05) is 23.1 Å². The van der Waals surface area contributed by atoms with E-state index in [0.29, 0.717) is 29.5 Å². The maximum absolute atomic E-state index is 12.9. The Morgan fingerprint density at radius 1 is 0.897 bits per heavy atom. The average Bonchev–Trinajstić information content (AvgIpc) is 3.30. The standard InChI is InChI=1S/C21H17ClN4O2S/c22-14-5-7-15(8-6-14)26-19(27)13-17(20(26)28)24-9-11-25(12-10-24)21-23-16-3-1-2-4-18(16)29-21/h1-8,13H,9-12H2. The third-order valence-corrected chi connectivity index (χ3v) is 6.51. The Morgan fingerprint density at radius 3 is 2.31 bits per heavy atom. The number of hydrogen-bond acceptors (Lipinski definition) is 6. The first-order chi connectivity index (χ1) is 14.1. The molecule has 0 radical (unpaired) electrons. The normalized spacial score (nSPS) is 17.4. The minimum absolute atomic E-state index is 0.286. The summed E-state index contributed by atoms with van der Waals surface area (Å²) in [5.74, 6) is -0.605. The van der Waals surface area contributed by atoms with Gasteiger partial charge >= 0.3 is 0 Å². The van der Waals surface area contributed by atoms with Gasteiger partial charge in [-0.25, -0.2) is 9.88 Å². The average molecular weight is 425 g/mol. The lowest BCUT2D eigenvalue weighted by atomic mass is 10.2. The summed E-state index contributed by atoms with van der Waals surface area (Å²) in [4.78, 5) is 35.5.